The van der Waals surface area contributed by atoms with Crippen LogP contribution in [0.1, 0.15) is 5.56 Å². The molecule has 0 bridgehead atoms. The largest absolute Gasteiger partial charge is 0.359 e. The van der Waals surface area contributed by atoms with Gasteiger partial charge in [0.25, 0.3) is 0 Å². The molecule has 0 aliphatic heterocycles. The van der Waals surface area contributed by atoms with E-state index in [2.05, 4.69) is 27.8 Å². The Morgan fingerprint density at radius 2 is 1.93 bits per heavy atom. The van der Waals surface area contributed by atoms with Crippen LogP contribution in [-0.4, -0.2) is 20.1 Å². The predicted molar refractivity (Wildman–Crippen MR) is 62.9 cm³/mol. The van der Waals surface area contributed by atoms with E-state index in [-0.39, 0.29) is 12.4 Å². The van der Waals surface area contributed by atoms with E-state index in [4.69, 9.17) is 0 Å². The van der Waals surface area contributed by atoms with E-state index in [1.807, 2.05) is 25.2 Å². The van der Waals surface area contributed by atoms with Crippen LogP contribution in [0.2, 0.25) is 0 Å². The van der Waals surface area contributed by atoms with Crippen LogP contribution in [-0.2, 0) is 6.54 Å². The summed E-state index contributed by atoms with van der Waals surface area (Å²) >= 11 is 0. The molecule has 0 aliphatic rings. The molecule has 0 atom stereocenters. The molecule has 0 fully saturated rings. The lowest BCUT2D eigenvalue weighted by Gasteiger charge is -2.07. The molecule has 1 aromatic rings. The summed E-state index contributed by atoms with van der Waals surface area (Å²) in [5, 5.41) is 6.14. The molecule has 0 saturated carbocycles. The Morgan fingerprint density at radius 1 is 1.29 bits per heavy atom. The van der Waals surface area contributed by atoms with Crippen molar-refractivity contribution in [2.45, 2.75) is 6.54 Å². The summed E-state index contributed by atoms with van der Waals surface area (Å²) < 4.78 is 0. The molecular weight excluding hydrogens is 198 g/mol. The van der Waals surface area contributed by atoms with E-state index in [0.29, 0.717) is 0 Å². The lowest BCUT2D eigenvalue weighted by Crippen LogP contribution is -2.33. The molecular formula is C10H16ClN3. The van der Waals surface area contributed by atoms with Crippen molar-refractivity contribution in [2.24, 2.45) is 4.99 Å². The standard InChI is InChI=1S/C10H15N3.ClH/c1-11-10(12-2)13-8-9-6-4-3-5-7-9;/h3-7H,8H2,1-2H3,(H2,11,12,13);1H. The third kappa shape index (κ3) is 4.14. The number of nitrogens with zero attached hydrogens (tertiary/aromatic N) is 1. The number of aliphatic imine (C=N–C) groups is 1. The Hall–Kier alpha value is -1.22. The smallest absolute Gasteiger partial charge is 0.190 e. The number of hydrogen-bond donors (Lipinski definition) is 2. The van der Waals surface area contributed by atoms with Crippen LogP contribution in [0, 0.1) is 0 Å². The zero-order valence-corrected chi connectivity index (χ0v) is 9.27. The van der Waals surface area contributed by atoms with E-state index >= 15 is 0 Å². The zero-order valence-electron chi connectivity index (χ0n) is 8.45. The van der Waals surface area contributed by atoms with Crippen LogP contribution in [0.4, 0.5) is 0 Å². The molecule has 0 saturated heterocycles. The Kier molecular flexibility index (Phi) is 6.58. The van der Waals surface area contributed by atoms with Crippen molar-refractivity contribution in [1.29, 1.82) is 0 Å². The van der Waals surface area contributed by atoms with Gasteiger partial charge < -0.3 is 10.6 Å². The highest BCUT2D eigenvalue weighted by molar-refractivity contribution is 5.85. The molecule has 0 aromatic heterocycles. The zero-order chi connectivity index (χ0) is 9.52. The van der Waals surface area contributed by atoms with E-state index < -0.39 is 0 Å². The Labute approximate surface area is 91.0 Å². The Balaban J connectivity index is 0.00000169. The molecule has 0 radical (unpaired) electrons. The van der Waals surface area contributed by atoms with Gasteiger partial charge in [-0.25, -0.2) is 0 Å². The fourth-order valence-electron chi connectivity index (χ4n) is 1.06. The van der Waals surface area contributed by atoms with Crippen molar-refractivity contribution in [1.82, 2.24) is 10.6 Å². The van der Waals surface area contributed by atoms with Gasteiger partial charge in [-0.1, -0.05) is 30.3 Å². The summed E-state index contributed by atoms with van der Waals surface area (Å²) in [6.07, 6.45) is 0. The van der Waals surface area contributed by atoms with Crippen LogP contribution in [0.15, 0.2) is 35.3 Å². The molecule has 0 spiro atoms. The molecule has 3 nitrogen and oxygen atoms in total. The molecule has 0 aliphatic carbocycles. The van der Waals surface area contributed by atoms with Gasteiger partial charge in [-0.3, -0.25) is 4.99 Å². The normalized spacial score (nSPS) is 10.3. The maximum atomic E-state index is 4.02. The summed E-state index contributed by atoms with van der Waals surface area (Å²) in [5.74, 6) is 0.809. The second kappa shape index (κ2) is 7.21. The number of nitrogens with one attached hydrogen (secondary N) is 2. The highest BCUT2D eigenvalue weighted by Crippen LogP contribution is 1.96. The monoisotopic (exact) mass is 213 g/mol. The van der Waals surface area contributed by atoms with Gasteiger partial charge in [-0.2, -0.15) is 0 Å². The molecule has 0 amide bonds. The number of hydrogen-bond acceptors (Lipinski definition) is 1. The number of rotatable bonds is 2. The molecule has 0 heterocycles. The number of benzene rings is 1. The van der Waals surface area contributed by atoms with Crippen molar-refractivity contribution in [3.05, 3.63) is 35.9 Å². The molecule has 14 heavy (non-hydrogen) atoms. The summed E-state index contributed by atoms with van der Waals surface area (Å²) in [7, 11) is 3.60. The third-order valence-electron chi connectivity index (χ3n) is 1.76. The summed E-state index contributed by atoms with van der Waals surface area (Å²) in [6, 6.07) is 10.2. The van der Waals surface area contributed by atoms with Crippen LogP contribution >= 0.6 is 12.4 Å². The summed E-state index contributed by atoms with van der Waals surface area (Å²) in [4.78, 5) is 4.02. The van der Waals surface area contributed by atoms with Crippen molar-refractivity contribution < 1.29 is 0 Å². The average molecular weight is 214 g/mol. The van der Waals surface area contributed by atoms with Crippen LogP contribution in [0.25, 0.3) is 0 Å². The molecule has 0 unspecified atom stereocenters. The van der Waals surface area contributed by atoms with Crippen molar-refractivity contribution >= 4 is 18.4 Å². The quantitative estimate of drug-likeness (QED) is 0.576. The van der Waals surface area contributed by atoms with Gasteiger partial charge in [-0.15, -0.1) is 12.4 Å². The van der Waals surface area contributed by atoms with Gasteiger partial charge in [0.15, 0.2) is 5.96 Å². The molecule has 2 N–H and O–H groups in total. The minimum absolute atomic E-state index is 0. The van der Waals surface area contributed by atoms with Crippen LogP contribution < -0.4 is 10.6 Å². The molecule has 78 valence electrons. The third-order valence-corrected chi connectivity index (χ3v) is 1.76. The fraction of sp³-hybridized carbons (Fsp3) is 0.300. The van der Waals surface area contributed by atoms with Gasteiger partial charge in [0.05, 0.1) is 0 Å². The summed E-state index contributed by atoms with van der Waals surface area (Å²) in [5.41, 5.74) is 1.25. The predicted octanol–water partition coefficient (Wildman–Crippen LogP) is 1.40. The minimum atomic E-state index is 0. The van der Waals surface area contributed by atoms with E-state index in [1.54, 1.807) is 7.05 Å². The number of halogens is 1. The van der Waals surface area contributed by atoms with Crippen LogP contribution in [0.5, 0.6) is 0 Å². The lowest BCUT2D eigenvalue weighted by atomic mass is 10.2. The van der Waals surface area contributed by atoms with Gasteiger partial charge in [0.2, 0.25) is 0 Å². The first-order valence-electron chi connectivity index (χ1n) is 4.29. The first-order valence-corrected chi connectivity index (χ1v) is 4.29. The van der Waals surface area contributed by atoms with Gasteiger partial charge in [0.1, 0.15) is 0 Å². The second-order valence-corrected chi connectivity index (χ2v) is 2.66. The summed E-state index contributed by atoms with van der Waals surface area (Å²) in [6.45, 7) is 0.800. The maximum absolute atomic E-state index is 4.02. The van der Waals surface area contributed by atoms with Gasteiger partial charge in [0, 0.05) is 20.6 Å². The van der Waals surface area contributed by atoms with Crippen LogP contribution in [0.3, 0.4) is 0 Å². The number of guanidine groups is 1. The van der Waals surface area contributed by atoms with Gasteiger partial charge in [-0.05, 0) is 5.56 Å². The first-order chi connectivity index (χ1) is 6.36. The van der Waals surface area contributed by atoms with E-state index in [1.165, 1.54) is 5.56 Å². The molecule has 4 heteroatoms. The SMILES string of the molecule is C/N=C(/NC)NCc1ccccc1.Cl. The minimum Gasteiger partial charge on any atom is -0.359 e. The van der Waals surface area contributed by atoms with E-state index in [0.717, 1.165) is 12.5 Å². The van der Waals surface area contributed by atoms with Crippen molar-refractivity contribution in [3.8, 4) is 0 Å². The Bertz CT molecular complexity index is 272. The Morgan fingerprint density at radius 3 is 2.43 bits per heavy atom. The maximum Gasteiger partial charge on any atom is 0.190 e. The topological polar surface area (TPSA) is 36.4 Å². The lowest BCUT2D eigenvalue weighted by molar-refractivity contribution is 0.866. The second-order valence-electron chi connectivity index (χ2n) is 2.66. The molecule has 1 aromatic carbocycles. The highest BCUT2D eigenvalue weighted by Gasteiger charge is 1.93. The van der Waals surface area contributed by atoms with Gasteiger partial charge >= 0.3 is 0 Å². The average Bonchev–Trinajstić information content (AvgIpc) is 2.21. The molecule has 1 rings (SSSR count). The first kappa shape index (κ1) is 12.8. The highest BCUT2D eigenvalue weighted by atomic mass is 35.5. The van der Waals surface area contributed by atoms with E-state index in [9.17, 15) is 0 Å². The fourth-order valence-corrected chi connectivity index (χ4v) is 1.06. The van der Waals surface area contributed by atoms with Crippen molar-refractivity contribution in [2.75, 3.05) is 14.1 Å². The van der Waals surface area contributed by atoms with Crippen molar-refractivity contribution in [3.63, 3.8) is 0 Å².